The predicted octanol–water partition coefficient (Wildman–Crippen LogP) is 4.67. The van der Waals surface area contributed by atoms with Gasteiger partial charge in [0.05, 0.1) is 0 Å². The minimum Gasteiger partial charge on any atom is -0.322 e. The van der Waals surface area contributed by atoms with Crippen molar-refractivity contribution < 1.29 is 4.79 Å². The molecule has 1 aliphatic carbocycles. The van der Waals surface area contributed by atoms with Gasteiger partial charge in [0, 0.05) is 42.4 Å². The Hall–Kier alpha value is -1.78. The third kappa shape index (κ3) is 4.39. The van der Waals surface area contributed by atoms with Crippen molar-refractivity contribution in [2.45, 2.75) is 39.2 Å². The van der Waals surface area contributed by atoms with E-state index in [0.29, 0.717) is 0 Å². The van der Waals surface area contributed by atoms with Crippen LogP contribution in [0.2, 0.25) is 0 Å². The van der Waals surface area contributed by atoms with Crippen molar-refractivity contribution in [3.05, 3.63) is 64.2 Å². The van der Waals surface area contributed by atoms with Crippen molar-refractivity contribution in [1.82, 2.24) is 4.90 Å². The van der Waals surface area contributed by atoms with Gasteiger partial charge in [-0.1, -0.05) is 18.2 Å². The number of hydrogen-bond acceptors (Lipinski definition) is 3. The monoisotopic (exact) mass is 380 g/mol. The van der Waals surface area contributed by atoms with Gasteiger partial charge in [-0.05, 0) is 73.1 Å². The molecule has 0 spiro atoms. The van der Waals surface area contributed by atoms with Gasteiger partial charge in [-0.25, -0.2) is 0 Å². The number of thioether (sulfide) groups is 1. The second kappa shape index (κ2) is 8.49. The molecule has 2 aromatic carbocycles. The van der Waals surface area contributed by atoms with Crippen molar-refractivity contribution >= 4 is 23.4 Å². The maximum Gasteiger partial charge on any atom is 0.255 e. The fraction of sp³-hybridized carbons (Fsp3) is 0.435. The molecule has 2 aliphatic rings. The number of hydrogen-bond donors (Lipinski definition) is 1. The molecule has 0 radical (unpaired) electrons. The number of carbonyl (C=O) groups is 1. The summed E-state index contributed by atoms with van der Waals surface area (Å²) in [7, 11) is 0. The molecule has 4 heteroatoms. The highest BCUT2D eigenvalue weighted by Crippen LogP contribution is 2.25. The van der Waals surface area contributed by atoms with Crippen LogP contribution < -0.4 is 5.32 Å². The van der Waals surface area contributed by atoms with Crippen LogP contribution in [0, 0.1) is 6.92 Å². The lowest BCUT2D eigenvalue weighted by molar-refractivity contribution is 0.102. The summed E-state index contributed by atoms with van der Waals surface area (Å²) in [5, 5.41) is 3.15. The summed E-state index contributed by atoms with van der Waals surface area (Å²) in [6, 6.07) is 12.5. The lowest BCUT2D eigenvalue weighted by atomic mass is 9.90. The maximum atomic E-state index is 12.8. The summed E-state index contributed by atoms with van der Waals surface area (Å²) in [6.07, 6.45) is 4.74. The fourth-order valence-corrected chi connectivity index (χ4v) is 5.04. The molecular weight excluding hydrogens is 352 g/mol. The topological polar surface area (TPSA) is 32.3 Å². The highest BCUT2D eigenvalue weighted by molar-refractivity contribution is 7.99. The van der Waals surface area contributed by atoms with Gasteiger partial charge in [0.25, 0.3) is 5.91 Å². The third-order valence-electron chi connectivity index (χ3n) is 5.80. The van der Waals surface area contributed by atoms with Crippen LogP contribution in [0.5, 0.6) is 0 Å². The fourth-order valence-electron chi connectivity index (χ4n) is 4.06. The molecule has 1 amide bonds. The zero-order chi connectivity index (χ0) is 18.6. The Morgan fingerprint density at radius 1 is 1.07 bits per heavy atom. The first kappa shape index (κ1) is 18.6. The Balaban J connectivity index is 1.48. The van der Waals surface area contributed by atoms with E-state index in [1.807, 2.05) is 23.9 Å². The van der Waals surface area contributed by atoms with Crippen LogP contribution in [0.15, 0.2) is 36.4 Å². The highest BCUT2D eigenvalue weighted by Gasteiger charge is 2.16. The molecule has 0 saturated carbocycles. The number of rotatable bonds is 4. The smallest absolute Gasteiger partial charge is 0.255 e. The molecule has 0 bridgehead atoms. The molecular formula is C23H28N2OS. The van der Waals surface area contributed by atoms with Gasteiger partial charge in [-0.2, -0.15) is 11.8 Å². The van der Waals surface area contributed by atoms with Crippen LogP contribution in [-0.2, 0) is 19.4 Å². The quantitative estimate of drug-likeness (QED) is 0.836. The maximum absolute atomic E-state index is 12.8. The van der Waals surface area contributed by atoms with Gasteiger partial charge in [0.1, 0.15) is 0 Å². The number of nitrogens with zero attached hydrogens (tertiary/aromatic N) is 1. The van der Waals surface area contributed by atoms with E-state index in [9.17, 15) is 4.79 Å². The van der Waals surface area contributed by atoms with Crippen LogP contribution in [0.25, 0.3) is 0 Å². The molecule has 1 heterocycles. The van der Waals surface area contributed by atoms with E-state index in [1.54, 1.807) is 0 Å². The number of fused-ring (bicyclic) bond motifs is 1. The van der Waals surface area contributed by atoms with E-state index in [4.69, 9.17) is 0 Å². The van der Waals surface area contributed by atoms with Crippen molar-refractivity contribution in [3.8, 4) is 0 Å². The molecule has 1 fully saturated rings. The molecule has 0 atom stereocenters. The Morgan fingerprint density at radius 3 is 2.67 bits per heavy atom. The van der Waals surface area contributed by atoms with Crippen molar-refractivity contribution in [2.24, 2.45) is 0 Å². The lowest BCUT2D eigenvalue weighted by Gasteiger charge is -2.27. The summed E-state index contributed by atoms with van der Waals surface area (Å²) >= 11 is 2.03. The summed E-state index contributed by atoms with van der Waals surface area (Å²) in [4.78, 5) is 15.3. The predicted molar refractivity (Wildman–Crippen MR) is 115 cm³/mol. The molecule has 3 nitrogen and oxygen atoms in total. The molecule has 142 valence electrons. The van der Waals surface area contributed by atoms with E-state index >= 15 is 0 Å². The zero-order valence-corrected chi connectivity index (χ0v) is 16.9. The molecule has 4 rings (SSSR count). The SMILES string of the molecule is Cc1c(CN2CCSCC2)cccc1NC(=O)c1ccc2c(c1)CCCC2. The number of amides is 1. The van der Waals surface area contributed by atoms with Crippen LogP contribution in [-0.4, -0.2) is 35.4 Å². The average Bonchev–Trinajstić information content (AvgIpc) is 2.71. The molecule has 27 heavy (non-hydrogen) atoms. The van der Waals surface area contributed by atoms with Crippen LogP contribution in [0.1, 0.15) is 45.5 Å². The summed E-state index contributed by atoms with van der Waals surface area (Å²) in [5.74, 6) is 2.43. The number of anilines is 1. The Labute approximate surface area is 166 Å². The second-order valence-corrected chi connectivity index (χ2v) is 8.85. The Morgan fingerprint density at radius 2 is 1.85 bits per heavy atom. The first-order valence-electron chi connectivity index (χ1n) is 10.0. The lowest BCUT2D eigenvalue weighted by Crippen LogP contribution is -2.32. The average molecular weight is 381 g/mol. The minimum absolute atomic E-state index is 0.00186. The standard InChI is InChI=1S/C23H28N2OS/c1-17-21(16-25-11-13-27-14-12-25)7-4-8-22(17)24-23(26)20-10-9-18-5-2-3-6-19(18)15-20/h4,7-10,15H,2-3,5-6,11-14,16H2,1H3,(H,24,26). The van der Waals surface area contributed by atoms with E-state index in [1.165, 1.54) is 46.6 Å². The summed E-state index contributed by atoms with van der Waals surface area (Å²) in [5.41, 5.74) is 6.96. The minimum atomic E-state index is -0.00186. The van der Waals surface area contributed by atoms with Crippen LogP contribution in [0.4, 0.5) is 5.69 Å². The van der Waals surface area contributed by atoms with Gasteiger partial charge in [0.15, 0.2) is 0 Å². The van der Waals surface area contributed by atoms with Crippen molar-refractivity contribution in [3.63, 3.8) is 0 Å². The number of carbonyl (C=O) groups excluding carboxylic acids is 1. The molecule has 1 aliphatic heterocycles. The second-order valence-electron chi connectivity index (χ2n) is 7.62. The molecule has 0 unspecified atom stereocenters. The number of nitrogens with one attached hydrogen (secondary N) is 1. The van der Waals surface area contributed by atoms with Crippen LogP contribution in [0.3, 0.4) is 0 Å². The largest absolute Gasteiger partial charge is 0.322 e. The Bertz CT molecular complexity index is 827. The zero-order valence-electron chi connectivity index (χ0n) is 16.1. The summed E-state index contributed by atoms with van der Waals surface area (Å²) < 4.78 is 0. The first-order chi connectivity index (χ1) is 13.2. The molecule has 2 aromatic rings. The van der Waals surface area contributed by atoms with Gasteiger partial charge >= 0.3 is 0 Å². The number of benzene rings is 2. The third-order valence-corrected chi connectivity index (χ3v) is 6.75. The van der Waals surface area contributed by atoms with Gasteiger partial charge in [0.2, 0.25) is 0 Å². The molecule has 1 N–H and O–H groups in total. The van der Waals surface area contributed by atoms with E-state index in [0.717, 1.165) is 43.7 Å². The summed E-state index contributed by atoms with van der Waals surface area (Å²) in [6.45, 7) is 5.39. The van der Waals surface area contributed by atoms with Gasteiger partial charge < -0.3 is 5.32 Å². The van der Waals surface area contributed by atoms with E-state index in [-0.39, 0.29) is 5.91 Å². The van der Waals surface area contributed by atoms with Crippen molar-refractivity contribution in [2.75, 3.05) is 29.9 Å². The van der Waals surface area contributed by atoms with E-state index in [2.05, 4.69) is 41.4 Å². The Kier molecular flexibility index (Phi) is 5.84. The van der Waals surface area contributed by atoms with Crippen LogP contribution >= 0.6 is 11.8 Å². The highest BCUT2D eigenvalue weighted by atomic mass is 32.2. The first-order valence-corrected chi connectivity index (χ1v) is 11.2. The normalized spacial score (nSPS) is 17.4. The van der Waals surface area contributed by atoms with E-state index < -0.39 is 0 Å². The number of aryl methyl sites for hydroxylation is 2. The van der Waals surface area contributed by atoms with Gasteiger partial charge in [-0.3, -0.25) is 9.69 Å². The molecule has 0 aromatic heterocycles. The molecule has 1 saturated heterocycles. The van der Waals surface area contributed by atoms with Crippen molar-refractivity contribution in [1.29, 1.82) is 0 Å². The van der Waals surface area contributed by atoms with Gasteiger partial charge in [-0.15, -0.1) is 0 Å².